The zero-order valence-electron chi connectivity index (χ0n) is 9.99. The van der Waals surface area contributed by atoms with E-state index >= 15 is 0 Å². The van der Waals surface area contributed by atoms with Crippen LogP contribution in [0, 0.1) is 17.0 Å². The molecule has 1 aromatic heterocycles. The number of nitrogens with one attached hydrogen (secondary N) is 2. The summed E-state index contributed by atoms with van der Waals surface area (Å²) in [4.78, 5) is 13.3. The van der Waals surface area contributed by atoms with E-state index < -0.39 is 19.8 Å². The molecule has 0 fully saturated rings. The molecule has 9 nitrogen and oxygen atoms in total. The van der Waals surface area contributed by atoms with E-state index in [9.17, 15) is 18.5 Å². The molecule has 1 aromatic carbocycles. The highest BCUT2D eigenvalue weighted by Gasteiger charge is 2.23. The van der Waals surface area contributed by atoms with Crippen molar-refractivity contribution in [3.8, 4) is 0 Å². The van der Waals surface area contributed by atoms with Crippen molar-refractivity contribution < 1.29 is 13.3 Å². The van der Waals surface area contributed by atoms with Gasteiger partial charge in [0.25, 0.3) is 21.7 Å². The Hall–Kier alpha value is -2.20. The summed E-state index contributed by atoms with van der Waals surface area (Å²) in [5.74, 6) is 0.234. The van der Waals surface area contributed by atoms with Gasteiger partial charge < -0.3 is 0 Å². The van der Waals surface area contributed by atoms with Gasteiger partial charge >= 0.3 is 0 Å². The molecule has 0 atom stereocenters. The fraction of sp³-hybridized carbons (Fsp3) is 0.111. The standard InChI is InChI=1S/C9H8ClN5O4S/c1-5-11-9(13-12-5)14-20(18,19)8-4-6(15(16)17)2-3-7(8)10/h2-4H,1H3,(H2,11,12,13,14). The maximum Gasteiger partial charge on any atom is 0.270 e. The van der Waals surface area contributed by atoms with E-state index in [0.717, 1.165) is 18.2 Å². The molecule has 0 aliphatic rings. The average molecular weight is 318 g/mol. The molecular weight excluding hydrogens is 310 g/mol. The lowest BCUT2D eigenvalue weighted by Gasteiger charge is -2.06. The van der Waals surface area contributed by atoms with Crippen molar-refractivity contribution in [1.82, 2.24) is 15.2 Å². The molecular formula is C9H8ClN5O4S. The van der Waals surface area contributed by atoms with E-state index in [1.807, 2.05) is 0 Å². The molecule has 2 rings (SSSR count). The van der Waals surface area contributed by atoms with Gasteiger partial charge in [-0.05, 0) is 13.0 Å². The summed E-state index contributed by atoms with van der Waals surface area (Å²) >= 11 is 5.77. The zero-order valence-corrected chi connectivity index (χ0v) is 11.6. The minimum Gasteiger partial charge on any atom is -0.261 e. The molecule has 0 amide bonds. The van der Waals surface area contributed by atoms with Crippen LogP contribution in [0.2, 0.25) is 5.02 Å². The fourth-order valence-electron chi connectivity index (χ4n) is 1.38. The Labute approximate surface area is 118 Å². The van der Waals surface area contributed by atoms with Gasteiger partial charge in [0.2, 0.25) is 0 Å². The number of aromatic nitrogens is 3. The van der Waals surface area contributed by atoms with E-state index in [4.69, 9.17) is 11.6 Å². The van der Waals surface area contributed by atoms with Crippen LogP contribution in [0.3, 0.4) is 0 Å². The number of H-pyrrole nitrogens is 1. The topological polar surface area (TPSA) is 131 Å². The lowest BCUT2D eigenvalue weighted by atomic mass is 10.3. The molecule has 11 heteroatoms. The van der Waals surface area contributed by atoms with Crippen LogP contribution in [-0.4, -0.2) is 28.5 Å². The number of hydrogen-bond donors (Lipinski definition) is 2. The van der Waals surface area contributed by atoms with Gasteiger partial charge in [-0.1, -0.05) is 11.6 Å². The second-order valence-electron chi connectivity index (χ2n) is 3.72. The van der Waals surface area contributed by atoms with Crippen LogP contribution in [0.4, 0.5) is 11.6 Å². The number of hydrogen-bond acceptors (Lipinski definition) is 6. The number of nitro benzene ring substituents is 1. The fourth-order valence-corrected chi connectivity index (χ4v) is 2.84. The molecule has 0 saturated heterocycles. The number of benzene rings is 1. The van der Waals surface area contributed by atoms with Crippen molar-refractivity contribution in [2.75, 3.05) is 4.72 Å². The van der Waals surface area contributed by atoms with E-state index in [2.05, 4.69) is 19.9 Å². The third kappa shape index (κ3) is 2.86. The van der Waals surface area contributed by atoms with Gasteiger partial charge in [-0.15, -0.1) is 5.10 Å². The Morgan fingerprint density at radius 2 is 2.15 bits per heavy atom. The van der Waals surface area contributed by atoms with Gasteiger partial charge in [-0.3, -0.25) is 15.2 Å². The minimum absolute atomic E-state index is 0.143. The number of rotatable bonds is 4. The first-order valence-corrected chi connectivity index (χ1v) is 7.01. The monoisotopic (exact) mass is 317 g/mol. The summed E-state index contributed by atoms with van der Waals surface area (Å²) in [5.41, 5.74) is -0.388. The van der Waals surface area contributed by atoms with E-state index in [0.29, 0.717) is 5.82 Å². The number of non-ortho nitro benzene ring substituents is 1. The Kier molecular flexibility index (Phi) is 3.59. The summed E-state index contributed by atoms with van der Waals surface area (Å²) in [6.07, 6.45) is 0. The van der Waals surface area contributed by atoms with Crippen LogP contribution in [0.25, 0.3) is 0 Å². The van der Waals surface area contributed by atoms with Crippen molar-refractivity contribution in [2.24, 2.45) is 0 Å². The molecule has 0 aliphatic heterocycles. The number of halogens is 1. The van der Waals surface area contributed by atoms with Crippen LogP contribution in [0.1, 0.15) is 5.82 Å². The van der Waals surface area contributed by atoms with Crippen molar-refractivity contribution in [2.45, 2.75) is 11.8 Å². The highest BCUT2D eigenvalue weighted by atomic mass is 35.5. The number of aryl methyl sites for hydroxylation is 1. The van der Waals surface area contributed by atoms with Crippen molar-refractivity contribution in [3.63, 3.8) is 0 Å². The largest absolute Gasteiger partial charge is 0.270 e. The predicted octanol–water partition coefficient (Wildman–Crippen LogP) is 1.48. The molecule has 0 radical (unpaired) electrons. The Morgan fingerprint density at radius 1 is 1.45 bits per heavy atom. The lowest BCUT2D eigenvalue weighted by molar-refractivity contribution is -0.385. The second kappa shape index (κ2) is 5.06. The number of anilines is 1. The van der Waals surface area contributed by atoms with E-state index in [-0.39, 0.29) is 16.7 Å². The molecule has 0 aliphatic carbocycles. The molecule has 0 saturated carbocycles. The lowest BCUT2D eigenvalue weighted by Crippen LogP contribution is -2.14. The third-order valence-corrected chi connectivity index (χ3v) is 4.05. The maximum atomic E-state index is 12.1. The number of nitro groups is 1. The number of aromatic amines is 1. The first-order chi connectivity index (χ1) is 9.29. The van der Waals surface area contributed by atoms with Crippen LogP contribution in [0.15, 0.2) is 23.1 Å². The molecule has 106 valence electrons. The van der Waals surface area contributed by atoms with E-state index in [1.165, 1.54) is 0 Å². The molecule has 0 bridgehead atoms. The van der Waals surface area contributed by atoms with Crippen LogP contribution >= 0.6 is 11.6 Å². The highest BCUT2D eigenvalue weighted by molar-refractivity contribution is 7.92. The van der Waals surface area contributed by atoms with Crippen molar-refractivity contribution in [3.05, 3.63) is 39.2 Å². The average Bonchev–Trinajstić information content (AvgIpc) is 2.73. The molecule has 20 heavy (non-hydrogen) atoms. The van der Waals surface area contributed by atoms with Crippen molar-refractivity contribution >= 4 is 33.3 Å². The van der Waals surface area contributed by atoms with Crippen LogP contribution < -0.4 is 4.72 Å². The summed E-state index contributed by atoms with van der Waals surface area (Å²) < 4.78 is 26.3. The third-order valence-electron chi connectivity index (χ3n) is 2.24. The first kappa shape index (κ1) is 14.2. The number of nitrogens with zero attached hydrogens (tertiary/aromatic N) is 3. The normalized spacial score (nSPS) is 11.3. The molecule has 0 spiro atoms. The summed E-state index contributed by atoms with van der Waals surface area (Å²) in [5, 5.41) is 16.6. The SMILES string of the molecule is Cc1nc(NS(=O)(=O)c2cc([N+](=O)[O-])ccc2Cl)n[nH]1. The molecule has 0 unspecified atom stereocenters. The summed E-state index contributed by atoms with van der Waals surface area (Å²) in [7, 11) is -4.12. The van der Waals surface area contributed by atoms with Gasteiger partial charge in [0.05, 0.1) is 9.95 Å². The Bertz CT molecular complexity index is 772. The zero-order chi connectivity index (χ0) is 14.9. The van der Waals surface area contributed by atoms with Gasteiger partial charge in [0.15, 0.2) is 0 Å². The Balaban J connectivity index is 2.43. The summed E-state index contributed by atoms with van der Waals surface area (Å²) in [6.45, 7) is 1.59. The van der Waals surface area contributed by atoms with Gasteiger partial charge in [0, 0.05) is 12.1 Å². The maximum absolute atomic E-state index is 12.1. The minimum atomic E-state index is -4.12. The molecule has 2 aromatic rings. The first-order valence-electron chi connectivity index (χ1n) is 5.15. The molecule has 2 N–H and O–H groups in total. The summed E-state index contributed by atoms with van der Waals surface area (Å²) in [6, 6.07) is 3.11. The smallest absolute Gasteiger partial charge is 0.261 e. The quantitative estimate of drug-likeness (QED) is 0.648. The predicted molar refractivity (Wildman–Crippen MR) is 70.0 cm³/mol. The van der Waals surface area contributed by atoms with Gasteiger partial charge in [-0.2, -0.15) is 4.98 Å². The highest BCUT2D eigenvalue weighted by Crippen LogP contribution is 2.27. The molecule has 1 heterocycles. The number of sulfonamides is 1. The van der Waals surface area contributed by atoms with Crippen molar-refractivity contribution in [1.29, 1.82) is 0 Å². The second-order valence-corrected chi connectivity index (χ2v) is 5.78. The van der Waals surface area contributed by atoms with Crippen LogP contribution in [-0.2, 0) is 10.0 Å². The van der Waals surface area contributed by atoms with Gasteiger partial charge in [-0.25, -0.2) is 13.1 Å². The van der Waals surface area contributed by atoms with E-state index in [1.54, 1.807) is 6.92 Å². The Morgan fingerprint density at radius 3 is 2.70 bits per heavy atom. The van der Waals surface area contributed by atoms with Gasteiger partial charge in [0.1, 0.15) is 10.7 Å². The van der Waals surface area contributed by atoms with Crippen LogP contribution in [0.5, 0.6) is 0 Å².